The van der Waals surface area contributed by atoms with E-state index in [1.54, 1.807) is 24.1 Å². The number of hydrogen-bond acceptors (Lipinski definition) is 5. The van der Waals surface area contributed by atoms with E-state index in [1.165, 1.54) is 0 Å². The van der Waals surface area contributed by atoms with Crippen LogP contribution in [0, 0.1) is 0 Å². The number of H-pyrrole nitrogens is 1. The summed E-state index contributed by atoms with van der Waals surface area (Å²) in [6.07, 6.45) is 3.39. The van der Waals surface area contributed by atoms with Gasteiger partial charge in [0.15, 0.2) is 5.78 Å². The zero-order chi connectivity index (χ0) is 18.5. The summed E-state index contributed by atoms with van der Waals surface area (Å²) in [6, 6.07) is 1.65. The van der Waals surface area contributed by atoms with E-state index in [9.17, 15) is 14.4 Å². The first-order chi connectivity index (χ1) is 12.6. The van der Waals surface area contributed by atoms with E-state index >= 15 is 0 Å². The van der Waals surface area contributed by atoms with Crippen molar-refractivity contribution in [2.75, 3.05) is 52.4 Å². The molecule has 2 aliphatic heterocycles. The van der Waals surface area contributed by atoms with Crippen LogP contribution in [0.15, 0.2) is 12.3 Å². The van der Waals surface area contributed by atoms with Crippen LogP contribution in [0.5, 0.6) is 0 Å². The number of carbonyl (C=O) groups is 3. The van der Waals surface area contributed by atoms with Crippen LogP contribution in [0.25, 0.3) is 0 Å². The molecule has 0 bridgehead atoms. The van der Waals surface area contributed by atoms with E-state index in [-0.39, 0.29) is 24.3 Å². The van der Waals surface area contributed by atoms with Crippen molar-refractivity contribution in [3.63, 3.8) is 0 Å². The highest BCUT2D eigenvalue weighted by Gasteiger charge is 2.25. The van der Waals surface area contributed by atoms with Crippen LogP contribution in [0.3, 0.4) is 0 Å². The van der Waals surface area contributed by atoms with Gasteiger partial charge in [-0.15, -0.1) is 0 Å². The SMILES string of the molecule is CCOC(=O)N1CCN(CC(=O)c2c[nH]c(C(=O)N3CCCC3)c2)CC1. The van der Waals surface area contributed by atoms with Gasteiger partial charge in [0.25, 0.3) is 5.91 Å². The van der Waals surface area contributed by atoms with Crippen molar-refractivity contribution >= 4 is 17.8 Å². The molecular weight excluding hydrogens is 336 g/mol. The van der Waals surface area contributed by atoms with Crippen molar-refractivity contribution in [1.82, 2.24) is 19.7 Å². The van der Waals surface area contributed by atoms with Gasteiger partial charge in [-0.25, -0.2) is 4.79 Å². The van der Waals surface area contributed by atoms with E-state index in [0.717, 1.165) is 25.9 Å². The molecule has 0 saturated carbocycles. The molecule has 3 heterocycles. The molecule has 0 unspecified atom stereocenters. The Morgan fingerprint density at radius 3 is 2.38 bits per heavy atom. The minimum atomic E-state index is -0.297. The third kappa shape index (κ3) is 4.24. The number of rotatable bonds is 5. The molecule has 0 atom stereocenters. The first-order valence-corrected chi connectivity index (χ1v) is 9.23. The minimum absolute atomic E-state index is 0.0219. The summed E-state index contributed by atoms with van der Waals surface area (Å²) in [5.41, 5.74) is 1.00. The van der Waals surface area contributed by atoms with Crippen LogP contribution in [0.2, 0.25) is 0 Å². The second kappa shape index (κ2) is 8.35. The number of likely N-dealkylation sites (tertiary alicyclic amines) is 1. The molecule has 2 aliphatic rings. The van der Waals surface area contributed by atoms with E-state index < -0.39 is 0 Å². The van der Waals surface area contributed by atoms with Gasteiger partial charge in [-0.2, -0.15) is 0 Å². The molecule has 26 heavy (non-hydrogen) atoms. The molecule has 3 rings (SSSR count). The zero-order valence-corrected chi connectivity index (χ0v) is 15.2. The van der Waals surface area contributed by atoms with E-state index in [2.05, 4.69) is 4.98 Å². The Bertz CT molecular complexity index is 658. The molecule has 1 aromatic heterocycles. The van der Waals surface area contributed by atoms with Gasteiger partial charge in [0.2, 0.25) is 0 Å². The van der Waals surface area contributed by atoms with Crippen LogP contribution >= 0.6 is 0 Å². The van der Waals surface area contributed by atoms with E-state index in [4.69, 9.17) is 4.74 Å². The average Bonchev–Trinajstić information content (AvgIpc) is 3.34. The molecule has 0 spiro atoms. The van der Waals surface area contributed by atoms with Crippen molar-refractivity contribution in [2.45, 2.75) is 19.8 Å². The summed E-state index contributed by atoms with van der Waals surface area (Å²) < 4.78 is 5.00. The third-order valence-electron chi connectivity index (χ3n) is 4.89. The summed E-state index contributed by atoms with van der Waals surface area (Å²) in [5.74, 6) is -0.0593. The Labute approximate surface area is 153 Å². The molecule has 142 valence electrons. The van der Waals surface area contributed by atoms with Crippen molar-refractivity contribution in [1.29, 1.82) is 0 Å². The highest BCUT2D eigenvalue weighted by molar-refractivity contribution is 6.01. The fourth-order valence-electron chi connectivity index (χ4n) is 3.37. The predicted octanol–water partition coefficient (Wildman–Crippen LogP) is 1.21. The molecule has 0 aliphatic carbocycles. The number of ether oxygens (including phenoxy) is 1. The lowest BCUT2D eigenvalue weighted by atomic mass is 10.2. The Hall–Kier alpha value is -2.35. The fraction of sp³-hybridized carbons (Fsp3) is 0.611. The average molecular weight is 362 g/mol. The Balaban J connectivity index is 1.50. The maximum absolute atomic E-state index is 12.5. The number of Topliss-reactive ketones (excluding diaryl/α,β-unsaturated/α-hetero) is 1. The van der Waals surface area contributed by atoms with Gasteiger partial charge in [-0.1, -0.05) is 0 Å². The van der Waals surface area contributed by atoms with Gasteiger partial charge in [0.05, 0.1) is 13.2 Å². The summed E-state index contributed by atoms with van der Waals surface area (Å²) >= 11 is 0. The molecule has 1 N–H and O–H groups in total. The smallest absolute Gasteiger partial charge is 0.409 e. The number of nitrogens with one attached hydrogen (secondary N) is 1. The zero-order valence-electron chi connectivity index (χ0n) is 15.2. The lowest BCUT2D eigenvalue weighted by molar-refractivity contribution is 0.0732. The minimum Gasteiger partial charge on any atom is -0.450 e. The van der Waals surface area contributed by atoms with Crippen LogP contribution in [-0.4, -0.2) is 89.9 Å². The molecule has 2 saturated heterocycles. The lowest BCUT2D eigenvalue weighted by Crippen LogP contribution is -2.50. The molecule has 0 radical (unpaired) electrons. The molecule has 8 heteroatoms. The number of nitrogens with zero attached hydrogens (tertiary/aromatic N) is 3. The van der Waals surface area contributed by atoms with Crippen LogP contribution < -0.4 is 0 Å². The van der Waals surface area contributed by atoms with Gasteiger partial charge < -0.3 is 19.5 Å². The van der Waals surface area contributed by atoms with Gasteiger partial charge in [-0.3, -0.25) is 14.5 Å². The largest absolute Gasteiger partial charge is 0.450 e. The number of hydrogen-bond donors (Lipinski definition) is 1. The highest BCUT2D eigenvalue weighted by atomic mass is 16.6. The topological polar surface area (TPSA) is 86.0 Å². The second-order valence-corrected chi connectivity index (χ2v) is 6.69. The molecule has 1 aromatic rings. The van der Waals surface area contributed by atoms with Crippen LogP contribution in [0.4, 0.5) is 4.79 Å². The molecular formula is C18H26N4O4. The summed E-state index contributed by atoms with van der Waals surface area (Å²) in [4.78, 5) is 45.0. The van der Waals surface area contributed by atoms with Gasteiger partial charge in [-0.05, 0) is 25.8 Å². The Kier molecular flexibility index (Phi) is 5.92. The van der Waals surface area contributed by atoms with Crippen molar-refractivity contribution in [3.05, 3.63) is 23.5 Å². The van der Waals surface area contributed by atoms with Crippen molar-refractivity contribution in [2.24, 2.45) is 0 Å². The number of amides is 2. The number of aromatic nitrogens is 1. The van der Waals surface area contributed by atoms with Gasteiger partial charge in [0.1, 0.15) is 5.69 Å². The maximum Gasteiger partial charge on any atom is 0.409 e. The standard InChI is InChI=1S/C18H26N4O4/c1-2-26-18(25)22-9-7-20(8-10-22)13-16(23)14-11-15(19-12-14)17(24)21-5-3-4-6-21/h11-12,19H,2-10,13H2,1H3. The summed E-state index contributed by atoms with van der Waals surface area (Å²) in [7, 11) is 0. The molecule has 0 aromatic carbocycles. The summed E-state index contributed by atoms with van der Waals surface area (Å²) in [6.45, 7) is 6.37. The van der Waals surface area contributed by atoms with Gasteiger partial charge >= 0.3 is 6.09 Å². The predicted molar refractivity (Wildman–Crippen MR) is 95.3 cm³/mol. The maximum atomic E-state index is 12.5. The number of aromatic amines is 1. The number of ketones is 1. The Morgan fingerprint density at radius 1 is 1.04 bits per heavy atom. The molecule has 2 amide bonds. The van der Waals surface area contributed by atoms with Crippen molar-refractivity contribution in [3.8, 4) is 0 Å². The monoisotopic (exact) mass is 362 g/mol. The van der Waals surface area contributed by atoms with E-state index in [0.29, 0.717) is 44.0 Å². The third-order valence-corrected chi connectivity index (χ3v) is 4.89. The first-order valence-electron chi connectivity index (χ1n) is 9.23. The van der Waals surface area contributed by atoms with E-state index in [1.807, 2.05) is 9.80 Å². The second-order valence-electron chi connectivity index (χ2n) is 6.69. The fourth-order valence-corrected chi connectivity index (χ4v) is 3.37. The quantitative estimate of drug-likeness (QED) is 0.796. The normalized spacial score (nSPS) is 18.2. The first kappa shape index (κ1) is 18.4. The van der Waals surface area contributed by atoms with Crippen LogP contribution in [0.1, 0.15) is 40.6 Å². The summed E-state index contributed by atoms with van der Waals surface area (Å²) in [5, 5.41) is 0. The number of piperazine rings is 1. The van der Waals surface area contributed by atoms with Crippen molar-refractivity contribution < 1.29 is 19.1 Å². The number of carbonyl (C=O) groups excluding carboxylic acids is 3. The van der Waals surface area contributed by atoms with Gasteiger partial charge in [0, 0.05) is 51.0 Å². The lowest BCUT2D eigenvalue weighted by Gasteiger charge is -2.33. The molecule has 2 fully saturated rings. The molecule has 8 nitrogen and oxygen atoms in total. The highest BCUT2D eigenvalue weighted by Crippen LogP contribution is 2.14. The van der Waals surface area contributed by atoms with Crippen LogP contribution in [-0.2, 0) is 4.74 Å². The Morgan fingerprint density at radius 2 is 1.73 bits per heavy atom.